The molecule has 1 heterocycles. The zero-order valence-electron chi connectivity index (χ0n) is 16.5. The largest absolute Gasteiger partial charge is 0.355 e. The Morgan fingerprint density at radius 2 is 1.64 bits per heavy atom. The van der Waals surface area contributed by atoms with E-state index in [9.17, 15) is 0 Å². The van der Waals surface area contributed by atoms with Crippen molar-refractivity contribution in [3.8, 4) is 0 Å². The first kappa shape index (κ1) is 19.6. The van der Waals surface area contributed by atoms with Crippen molar-refractivity contribution in [1.82, 2.24) is 25.4 Å². The second kappa shape index (κ2) is 10.3. The van der Waals surface area contributed by atoms with Gasteiger partial charge in [0.1, 0.15) is 12.2 Å². The first-order chi connectivity index (χ1) is 13.8. The molecule has 0 amide bonds. The molecule has 2 N–H and O–H groups in total. The molecule has 0 saturated heterocycles. The van der Waals surface area contributed by atoms with Crippen LogP contribution in [0.1, 0.15) is 29.8 Å². The number of hydrogen-bond acceptors (Lipinski definition) is 3. The average Bonchev–Trinajstić information content (AvgIpc) is 3.21. The highest BCUT2D eigenvalue weighted by Crippen LogP contribution is 2.23. The number of rotatable bonds is 8. The number of guanidine groups is 1. The summed E-state index contributed by atoms with van der Waals surface area (Å²) in [6, 6.07) is 21.1. The van der Waals surface area contributed by atoms with Crippen molar-refractivity contribution >= 4 is 5.96 Å². The van der Waals surface area contributed by atoms with Crippen LogP contribution in [0.25, 0.3) is 0 Å². The van der Waals surface area contributed by atoms with Crippen LogP contribution in [0, 0.1) is 0 Å². The van der Waals surface area contributed by atoms with E-state index in [0.29, 0.717) is 0 Å². The highest BCUT2D eigenvalue weighted by atomic mass is 15.3. The van der Waals surface area contributed by atoms with E-state index < -0.39 is 0 Å². The number of aliphatic imine (C=N–C) groups is 1. The minimum atomic E-state index is 0.255. The lowest BCUT2D eigenvalue weighted by atomic mass is 9.91. The van der Waals surface area contributed by atoms with Crippen molar-refractivity contribution in [3.63, 3.8) is 0 Å². The Morgan fingerprint density at radius 3 is 2.21 bits per heavy atom. The minimum absolute atomic E-state index is 0.255. The molecule has 1 aromatic heterocycles. The van der Waals surface area contributed by atoms with Gasteiger partial charge >= 0.3 is 0 Å². The van der Waals surface area contributed by atoms with Crippen LogP contribution in [-0.2, 0) is 13.0 Å². The van der Waals surface area contributed by atoms with Gasteiger partial charge in [-0.3, -0.25) is 4.99 Å². The second-order valence-corrected chi connectivity index (χ2v) is 6.55. The van der Waals surface area contributed by atoms with Crippen LogP contribution in [0.5, 0.6) is 0 Å². The molecule has 28 heavy (non-hydrogen) atoms. The maximum absolute atomic E-state index is 4.36. The van der Waals surface area contributed by atoms with Gasteiger partial charge in [-0.15, -0.1) is 10.2 Å². The Hall–Kier alpha value is -3.15. The predicted molar refractivity (Wildman–Crippen MR) is 113 cm³/mol. The van der Waals surface area contributed by atoms with Crippen LogP contribution in [0.2, 0.25) is 0 Å². The first-order valence-electron chi connectivity index (χ1n) is 9.73. The van der Waals surface area contributed by atoms with E-state index >= 15 is 0 Å². The molecular weight excluding hydrogens is 348 g/mol. The van der Waals surface area contributed by atoms with Gasteiger partial charge in [0.05, 0.1) is 0 Å². The van der Waals surface area contributed by atoms with Gasteiger partial charge in [0, 0.05) is 39.0 Å². The summed E-state index contributed by atoms with van der Waals surface area (Å²) in [5.74, 6) is 2.05. The molecule has 6 heteroatoms. The summed E-state index contributed by atoms with van der Waals surface area (Å²) in [4.78, 5) is 4.36. The summed E-state index contributed by atoms with van der Waals surface area (Å²) >= 11 is 0. The molecule has 0 aliphatic carbocycles. The lowest BCUT2D eigenvalue weighted by molar-refractivity contribution is 0.629. The monoisotopic (exact) mass is 376 g/mol. The van der Waals surface area contributed by atoms with Crippen molar-refractivity contribution in [3.05, 3.63) is 83.9 Å². The fourth-order valence-electron chi connectivity index (χ4n) is 3.25. The van der Waals surface area contributed by atoms with Gasteiger partial charge in [0.2, 0.25) is 0 Å². The Balaban J connectivity index is 1.60. The fourth-order valence-corrected chi connectivity index (χ4v) is 3.25. The van der Waals surface area contributed by atoms with E-state index in [4.69, 9.17) is 0 Å². The van der Waals surface area contributed by atoms with Crippen LogP contribution in [0.4, 0.5) is 0 Å². The van der Waals surface area contributed by atoms with Crippen LogP contribution in [0.3, 0.4) is 0 Å². The fraction of sp³-hybridized carbons (Fsp3) is 0.318. The lowest BCUT2D eigenvalue weighted by Gasteiger charge is -2.20. The highest BCUT2D eigenvalue weighted by molar-refractivity contribution is 5.79. The molecular formula is C22H28N6. The molecule has 0 saturated carbocycles. The van der Waals surface area contributed by atoms with Crippen molar-refractivity contribution in [1.29, 1.82) is 0 Å². The molecule has 0 atom stereocenters. The number of aromatic nitrogens is 3. The summed E-state index contributed by atoms with van der Waals surface area (Å²) in [5, 5.41) is 14.9. The van der Waals surface area contributed by atoms with E-state index in [1.807, 2.05) is 0 Å². The Morgan fingerprint density at radius 1 is 1.00 bits per heavy atom. The first-order valence-corrected chi connectivity index (χ1v) is 9.73. The minimum Gasteiger partial charge on any atom is -0.355 e. The summed E-state index contributed by atoms with van der Waals surface area (Å²) in [5.41, 5.74) is 2.57. The highest BCUT2D eigenvalue weighted by Gasteiger charge is 2.14. The molecule has 0 aliphatic rings. The molecule has 0 fully saturated rings. The van der Waals surface area contributed by atoms with Gasteiger partial charge in [-0.05, 0) is 11.1 Å². The van der Waals surface area contributed by atoms with E-state index in [1.54, 1.807) is 13.4 Å². The van der Waals surface area contributed by atoms with Crippen molar-refractivity contribution in [2.45, 2.75) is 25.8 Å². The van der Waals surface area contributed by atoms with Crippen molar-refractivity contribution in [2.24, 2.45) is 4.99 Å². The van der Waals surface area contributed by atoms with Crippen molar-refractivity contribution < 1.29 is 0 Å². The number of aryl methyl sites for hydroxylation is 1. The van der Waals surface area contributed by atoms with E-state index in [-0.39, 0.29) is 5.92 Å². The molecule has 146 valence electrons. The van der Waals surface area contributed by atoms with Gasteiger partial charge in [-0.1, -0.05) is 67.6 Å². The van der Waals surface area contributed by atoms with Gasteiger partial charge in [0.15, 0.2) is 5.96 Å². The van der Waals surface area contributed by atoms with Gasteiger partial charge in [-0.2, -0.15) is 0 Å². The Kier molecular flexibility index (Phi) is 7.18. The molecule has 6 nitrogen and oxygen atoms in total. The van der Waals surface area contributed by atoms with E-state index in [0.717, 1.165) is 37.8 Å². The molecule has 0 unspecified atom stereocenters. The van der Waals surface area contributed by atoms with E-state index in [1.165, 1.54) is 11.1 Å². The smallest absolute Gasteiger partial charge is 0.191 e. The third-order valence-corrected chi connectivity index (χ3v) is 4.76. The van der Waals surface area contributed by atoms with Crippen LogP contribution >= 0.6 is 0 Å². The number of benzene rings is 2. The number of nitrogens with one attached hydrogen (secondary N) is 2. The Bertz CT molecular complexity index is 818. The lowest BCUT2D eigenvalue weighted by Crippen LogP contribution is -2.40. The topological polar surface area (TPSA) is 67.1 Å². The van der Waals surface area contributed by atoms with E-state index in [2.05, 4.69) is 98.0 Å². The van der Waals surface area contributed by atoms with Gasteiger partial charge in [0.25, 0.3) is 0 Å². The summed E-state index contributed by atoms with van der Waals surface area (Å²) < 4.78 is 2.07. The van der Waals surface area contributed by atoms with Crippen LogP contribution in [0.15, 0.2) is 72.0 Å². The molecule has 0 radical (unpaired) electrons. The third-order valence-electron chi connectivity index (χ3n) is 4.76. The predicted octanol–water partition coefficient (Wildman–Crippen LogP) is 2.84. The van der Waals surface area contributed by atoms with Gasteiger partial charge in [-0.25, -0.2) is 0 Å². The number of hydrogen-bond donors (Lipinski definition) is 2. The normalized spacial score (nSPS) is 11.6. The summed E-state index contributed by atoms with van der Waals surface area (Å²) in [6.45, 7) is 4.41. The molecule has 3 aromatic rings. The second-order valence-electron chi connectivity index (χ2n) is 6.55. The maximum atomic E-state index is 4.36. The molecule has 3 rings (SSSR count). The van der Waals surface area contributed by atoms with Crippen LogP contribution in [-0.4, -0.2) is 40.9 Å². The Labute approximate surface area is 166 Å². The third kappa shape index (κ3) is 5.19. The summed E-state index contributed by atoms with van der Waals surface area (Å²) in [7, 11) is 1.80. The molecule has 2 aromatic carbocycles. The zero-order chi connectivity index (χ0) is 19.6. The zero-order valence-corrected chi connectivity index (χ0v) is 16.5. The maximum Gasteiger partial charge on any atom is 0.191 e. The molecule has 0 aliphatic heterocycles. The number of nitrogens with zero attached hydrogens (tertiary/aromatic N) is 4. The molecule has 0 spiro atoms. The SMILES string of the molecule is CCc1nncn1CCNC(=NC)NCC(c1ccccc1)c1ccccc1. The quantitative estimate of drug-likeness (QED) is 0.469. The van der Waals surface area contributed by atoms with Crippen LogP contribution < -0.4 is 10.6 Å². The molecule has 0 bridgehead atoms. The standard InChI is InChI=1S/C22H28N6/c1-3-21-27-26-17-28(21)15-14-24-22(23-2)25-16-20(18-10-6-4-7-11-18)19-12-8-5-9-13-19/h4-13,17,20H,3,14-16H2,1-2H3,(H2,23,24,25). The van der Waals surface area contributed by atoms with Gasteiger partial charge < -0.3 is 15.2 Å². The average molecular weight is 377 g/mol. The summed E-state index contributed by atoms with van der Waals surface area (Å²) in [6.07, 6.45) is 2.65. The van der Waals surface area contributed by atoms with Crippen molar-refractivity contribution in [2.75, 3.05) is 20.1 Å².